The van der Waals surface area contributed by atoms with E-state index in [2.05, 4.69) is 4.74 Å². The Morgan fingerprint density at radius 2 is 2.06 bits per heavy atom. The number of ether oxygens (including phenoxy) is 1. The summed E-state index contributed by atoms with van der Waals surface area (Å²) in [5.41, 5.74) is -0.789. The van der Waals surface area contributed by atoms with Crippen molar-refractivity contribution in [1.29, 1.82) is 0 Å². The smallest absolute Gasteiger partial charge is 0.316 e. The van der Waals surface area contributed by atoms with Crippen LogP contribution < -0.4 is 9.88 Å². The van der Waals surface area contributed by atoms with Crippen LogP contribution in [-0.4, -0.2) is 25.6 Å². The number of rotatable bonds is 3. The van der Waals surface area contributed by atoms with E-state index in [1.54, 1.807) is 0 Å². The number of nitrogens with zero attached hydrogens (tertiary/aromatic N) is 1. The number of phenolic OH excluding ortho intramolecular Hbond substituents is 1. The fraction of sp³-hybridized carbons (Fsp3) is 0.143. The highest BCUT2D eigenvalue weighted by Crippen LogP contribution is 2.37. The molecule has 1 rings (SSSR count). The van der Waals surface area contributed by atoms with Crippen molar-refractivity contribution in [3.05, 3.63) is 22.2 Å². The van der Waals surface area contributed by atoms with E-state index in [-0.39, 0.29) is 5.75 Å². The Labute approximate surface area is 90.5 Å². The number of hydrogen-bond acceptors (Lipinski definition) is 6. The molecule has 0 atom stereocenters. The topological polar surface area (TPSA) is 133 Å². The maximum absolute atomic E-state index is 11.0. The fourth-order valence-electron chi connectivity index (χ4n) is 1.03. The fourth-order valence-corrected chi connectivity index (χ4v) is 1.57. The Kier molecular flexibility index (Phi) is 3.01. The van der Waals surface area contributed by atoms with E-state index in [9.17, 15) is 23.6 Å². The molecule has 0 aliphatic rings. The Balaban J connectivity index is 3.59. The van der Waals surface area contributed by atoms with Crippen LogP contribution in [0.25, 0.3) is 0 Å². The zero-order chi connectivity index (χ0) is 12.5. The summed E-state index contributed by atoms with van der Waals surface area (Å²) in [5.74, 6) is -1.09. The van der Waals surface area contributed by atoms with Gasteiger partial charge in [-0.05, 0) is 0 Å². The summed E-state index contributed by atoms with van der Waals surface area (Å²) in [6.45, 7) is 0. The van der Waals surface area contributed by atoms with E-state index >= 15 is 0 Å². The number of benzene rings is 1. The molecule has 0 unspecified atom stereocenters. The third kappa shape index (κ3) is 2.20. The molecule has 0 fully saturated rings. The van der Waals surface area contributed by atoms with Crippen LogP contribution in [0.4, 0.5) is 5.69 Å². The van der Waals surface area contributed by atoms with Gasteiger partial charge in [0.25, 0.3) is 0 Å². The van der Waals surface area contributed by atoms with E-state index < -0.39 is 31.3 Å². The maximum atomic E-state index is 11.0. The number of aromatic hydroxyl groups is 1. The molecule has 0 saturated carbocycles. The molecule has 0 spiro atoms. The first-order chi connectivity index (χ1) is 7.27. The number of nitro benzene ring substituents is 1. The van der Waals surface area contributed by atoms with Gasteiger partial charge < -0.3 is 9.84 Å². The second-order valence-electron chi connectivity index (χ2n) is 2.80. The molecule has 1 aromatic rings. The first kappa shape index (κ1) is 12.2. The largest absolute Gasteiger partial charge is 0.500 e. The molecule has 8 nitrogen and oxygen atoms in total. The predicted octanol–water partition coefficient (Wildman–Crippen LogP) is -0.0436. The van der Waals surface area contributed by atoms with Crippen LogP contribution in [0.1, 0.15) is 0 Å². The van der Waals surface area contributed by atoms with Crippen molar-refractivity contribution in [3.8, 4) is 11.5 Å². The molecule has 0 heterocycles. The number of methoxy groups -OCH3 is 1. The predicted molar refractivity (Wildman–Crippen MR) is 52.7 cm³/mol. The lowest BCUT2D eigenvalue weighted by molar-refractivity contribution is -0.386. The van der Waals surface area contributed by atoms with Gasteiger partial charge in [0.2, 0.25) is 15.8 Å². The van der Waals surface area contributed by atoms with Crippen molar-refractivity contribution < 1.29 is 23.2 Å². The molecular formula is C7H8N2O6S. The molecule has 88 valence electrons. The third-order valence-corrected chi connectivity index (χ3v) is 2.67. The van der Waals surface area contributed by atoms with Gasteiger partial charge in [0.1, 0.15) is 0 Å². The third-order valence-electron chi connectivity index (χ3n) is 1.77. The van der Waals surface area contributed by atoms with E-state index in [1.165, 1.54) is 0 Å². The zero-order valence-electron chi connectivity index (χ0n) is 8.08. The summed E-state index contributed by atoms with van der Waals surface area (Å²) in [7, 11) is -2.97. The number of nitro groups is 1. The Morgan fingerprint density at radius 3 is 2.44 bits per heavy atom. The van der Waals surface area contributed by atoms with Crippen LogP contribution in [0.2, 0.25) is 0 Å². The van der Waals surface area contributed by atoms with Crippen molar-refractivity contribution >= 4 is 15.7 Å². The molecular weight excluding hydrogens is 240 g/mol. The van der Waals surface area contributed by atoms with E-state index in [0.29, 0.717) is 6.07 Å². The molecule has 9 heteroatoms. The van der Waals surface area contributed by atoms with Gasteiger partial charge in [-0.1, -0.05) is 0 Å². The Bertz CT molecular complexity index is 538. The van der Waals surface area contributed by atoms with E-state index in [0.717, 1.165) is 13.2 Å². The SMILES string of the molecule is COc1cc(S(N)(=O)=O)cc([N+](=O)[O-])c1O. The van der Waals surface area contributed by atoms with Gasteiger partial charge in [0.15, 0.2) is 5.75 Å². The van der Waals surface area contributed by atoms with Crippen LogP contribution in [0, 0.1) is 10.1 Å². The normalized spacial score (nSPS) is 11.1. The van der Waals surface area contributed by atoms with Gasteiger partial charge in [-0.15, -0.1) is 0 Å². The number of nitrogens with two attached hydrogens (primary N) is 1. The average Bonchev–Trinajstić information content (AvgIpc) is 2.15. The number of sulfonamides is 1. The molecule has 0 bridgehead atoms. The summed E-state index contributed by atoms with van der Waals surface area (Å²) >= 11 is 0. The van der Waals surface area contributed by atoms with Crippen molar-refractivity contribution in [3.63, 3.8) is 0 Å². The van der Waals surface area contributed by atoms with Crippen molar-refractivity contribution in [2.75, 3.05) is 7.11 Å². The highest BCUT2D eigenvalue weighted by molar-refractivity contribution is 7.89. The summed E-state index contributed by atoms with van der Waals surface area (Å²) in [6.07, 6.45) is 0. The molecule has 0 aliphatic heterocycles. The summed E-state index contributed by atoms with van der Waals surface area (Å²) in [5, 5.41) is 24.7. The van der Waals surface area contributed by atoms with Crippen LogP contribution >= 0.6 is 0 Å². The molecule has 16 heavy (non-hydrogen) atoms. The molecule has 0 saturated heterocycles. The van der Waals surface area contributed by atoms with Crippen molar-refractivity contribution in [2.45, 2.75) is 4.90 Å². The highest BCUT2D eigenvalue weighted by Gasteiger charge is 2.23. The van der Waals surface area contributed by atoms with Gasteiger partial charge in [0, 0.05) is 12.1 Å². The highest BCUT2D eigenvalue weighted by atomic mass is 32.2. The summed E-state index contributed by atoms with van der Waals surface area (Å²) in [6, 6.07) is 1.56. The van der Waals surface area contributed by atoms with Crippen LogP contribution in [-0.2, 0) is 10.0 Å². The lowest BCUT2D eigenvalue weighted by Gasteiger charge is -2.05. The van der Waals surface area contributed by atoms with E-state index in [4.69, 9.17) is 5.14 Å². The minimum absolute atomic E-state index is 0.335. The Hall–Kier alpha value is -1.87. The molecule has 0 radical (unpaired) electrons. The van der Waals surface area contributed by atoms with Crippen LogP contribution in [0.3, 0.4) is 0 Å². The van der Waals surface area contributed by atoms with Gasteiger partial charge in [-0.25, -0.2) is 13.6 Å². The zero-order valence-corrected chi connectivity index (χ0v) is 8.89. The first-order valence-electron chi connectivity index (χ1n) is 3.85. The number of phenols is 1. The first-order valence-corrected chi connectivity index (χ1v) is 5.40. The van der Waals surface area contributed by atoms with Crippen molar-refractivity contribution in [1.82, 2.24) is 0 Å². The van der Waals surface area contributed by atoms with Gasteiger partial charge >= 0.3 is 5.69 Å². The number of hydrogen-bond donors (Lipinski definition) is 2. The summed E-state index contributed by atoms with van der Waals surface area (Å²) in [4.78, 5) is 9.08. The molecule has 3 N–H and O–H groups in total. The monoisotopic (exact) mass is 248 g/mol. The average molecular weight is 248 g/mol. The molecule has 0 amide bonds. The number of primary sulfonamides is 1. The standard InChI is InChI=1S/C7H8N2O6S/c1-15-6-3-4(16(8,13)14)2-5(7(6)10)9(11)12/h2-3,10H,1H3,(H2,8,13,14). The van der Waals surface area contributed by atoms with Crippen LogP contribution in [0.5, 0.6) is 11.5 Å². The lowest BCUT2D eigenvalue weighted by atomic mass is 10.3. The van der Waals surface area contributed by atoms with Gasteiger partial charge in [-0.3, -0.25) is 10.1 Å². The molecule has 0 aliphatic carbocycles. The second-order valence-corrected chi connectivity index (χ2v) is 4.36. The van der Waals surface area contributed by atoms with Crippen molar-refractivity contribution in [2.24, 2.45) is 5.14 Å². The minimum Gasteiger partial charge on any atom is -0.500 e. The van der Waals surface area contributed by atoms with Gasteiger partial charge in [-0.2, -0.15) is 0 Å². The maximum Gasteiger partial charge on any atom is 0.316 e. The quantitative estimate of drug-likeness (QED) is 0.569. The lowest BCUT2D eigenvalue weighted by Crippen LogP contribution is -2.12. The van der Waals surface area contributed by atoms with Crippen LogP contribution in [0.15, 0.2) is 17.0 Å². The molecule has 1 aromatic carbocycles. The minimum atomic E-state index is -4.10. The second kappa shape index (κ2) is 3.94. The Morgan fingerprint density at radius 1 is 1.50 bits per heavy atom. The van der Waals surface area contributed by atoms with E-state index in [1.807, 2.05) is 0 Å². The van der Waals surface area contributed by atoms with Gasteiger partial charge in [0.05, 0.1) is 16.9 Å². The molecule has 0 aromatic heterocycles. The summed E-state index contributed by atoms with van der Waals surface area (Å²) < 4.78 is 26.6.